The van der Waals surface area contributed by atoms with Crippen molar-refractivity contribution >= 4 is 0 Å². The lowest BCUT2D eigenvalue weighted by molar-refractivity contribution is 0.444. The van der Waals surface area contributed by atoms with Gasteiger partial charge in [-0.05, 0) is 25.8 Å². The van der Waals surface area contributed by atoms with Gasteiger partial charge in [-0.1, -0.05) is 13.8 Å². The average Bonchev–Trinajstić information content (AvgIpc) is 2.89. The fraction of sp³-hybridized carbons (Fsp3) is 0.727. The van der Waals surface area contributed by atoms with E-state index in [4.69, 9.17) is 4.42 Å². The van der Waals surface area contributed by atoms with Crippen LogP contribution < -0.4 is 5.32 Å². The van der Waals surface area contributed by atoms with Crippen molar-refractivity contribution in [1.82, 2.24) is 10.3 Å². The summed E-state index contributed by atoms with van der Waals surface area (Å²) in [4.78, 5) is 4.58. The van der Waals surface area contributed by atoms with Gasteiger partial charge in [-0.2, -0.15) is 0 Å². The van der Waals surface area contributed by atoms with Gasteiger partial charge in [-0.3, -0.25) is 0 Å². The van der Waals surface area contributed by atoms with Crippen molar-refractivity contribution in [2.24, 2.45) is 0 Å². The lowest BCUT2D eigenvalue weighted by atomic mass is 10.1. The SMILES string of the molecule is CNCc1oc(C2CC2)nc1C(C)C. The third-order valence-corrected chi connectivity index (χ3v) is 2.55. The van der Waals surface area contributed by atoms with Crippen molar-refractivity contribution in [3.63, 3.8) is 0 Å². The standard InChI is InChI=1S/C11H18N2O/c1-7(2)10-9(6-12-3)14-11(13-10)8-4-5-8/h7-8,12H,4-6H2,1-3H3. The van der Waals surface area contributed by atoms with Crippen LogP contribution in [0.3, 0.4) is 0 Å². The first-order chi connectivity index (χ1) is 6.72. The van der Waals surface area contributed by atoms with Gasteiger partial charge in [-0.15, -0.1) is 0 Å². The lowest BCUT2D eigenvalue weighted by Crippen LogP contribution is -2.07. The van der Waals surface area contributed by atoms with Gasteiger partial charge in [0.25, 0.3) is 0 Å². The minimum absolute atomic E-state index is 0.453. The summed E-state index contributed by atoms with van der Waals surface area (Å²) in [5, 5.41) is 3.12. The van der Waals surface area contributed by atoms with Crippen LogP contribution in [0.15, 0.2) is 4.42 Å². The minimum atomic E-state index is 0.453. The van der Waals surface area contributed by atoms with Crippen LogP contribution in [0.1, 0.15) is 55.9 Å². The second-order valence-corrected chi connectivity index (χ2v) is 4.32. The highest BCUT2D eigenvalue weighted by atomic mass is 16.4. The molecule has 3 heteroatoms. The first-order valence-electron chi connectivity index (χ1n) is 5.36. The van der Waals surface area contributed by atoms with Crippen molar-refractivity contribution in [2.75, 3.05) is 7.05 Å². The Morgan fingerprint density at radius 2 is 2.21 bits per heavy atom. The smallest absolute Gasteiger partial charge is 0.197 e. The Balaban J connectivity index is 2.25. The third-order valence-electron chi connectivity index (χ3n) is 2.55. The largest absolute Gasteiger partial charge is 0.444 e. The highest BCUT2D eigenvalue weighted by molar-refractivity contribution is 5.17. The average molecular weight is 194 g/mol. The summed E-state index contributed by atoms with van der Waals surface area (Å²) in [5.74, 6) is 3.04. The molecule has 1 saturated carbocycles. The Bertz CT molecular complexity index is 313. The summed E-state index contributed by atoms with van der Waals surface area (Å²) in [6.45, 7) is 5.11. The number of hydrogen-bond acceptors (Lipinski definition) is 3. The molecule has 0 spiro atoms. The van der Waals surface area contributed by atoms with Gasteiger partial charge in [0.15, 0.2) is 5.89 Å². The number of aromatic nitrogens is 1. The Morgan fingerprint density at radius 1 is 1.50 bits per heavy atom. The molecule has 1 N–H and O–H groups in total. The third kappa shape index (κ3) is 1.82. The highest BCUT2D eigenvalue weighted by Gasteiger charge is 2.30. The van der Waals surface area contributed by atoms with Gasteiger partial charge in [0, 0.05) is 5.92 Å². The van der Waals surface area contributed by atoms with E-state index in [1.165, 1.54) is 12.8 Å². The maximum atomic E-state index is 5.77. The van der Waals surface area contributed by atoms with E-state index >= 15 is 0 Å². The highest BCUT2D eigenvalue weighted by Crippen LogP contribution is 2.40. The van der Waals surface area contributed by atoms with E-state index < -0.39 is 0 Å². The van der Waals surface area contributed by atoms with E-state index in [9.17, 15) is 0 Å². The van der Waals surface area contributed by atoms with E-state index in [1.54, 1.807) is 0 Å². The van der Waals surface area contributed by atoms with Crippen LogP contribution in [-0.2, 0) is 6.54 Å². The van der Waals surface area contributed by atoms with Crippen molar-refractivity contribution in [2.45, 2.75) is 45.1 Å². The molecule has 0 saturated heterocycles. The fourth-order valence-electron chi connectivity index (χ4n) is 1.63. The number of oxazole rings is 1. The quantitative estimate of drug-likeness (QED) is 0.799. The molecule has 1 heterocycles. The molecule has 1 aliphatic rings. The predicted octanol–water partition coefficient (Wildman–Crippen LogP) is 2.39. The number of nitrogens with one attached hydrogen (secondary N) is 1. The zero-order valence-electron chi connectivity index (χ0n) is 9.13. The van der Waals surface area contributed by atoms with Crippen molar-refractivity contribution in [3.05, 3.63) is 17.3 Å². The second kappa shape index (κ2) is 3.73. The second-order valence-electron chi connectivity index (χ2n) is 4.32. The van der Waals surface area contributed by atoms with Crippen LogP contribution >= 0.6 is 0 Å². The summed E-state index contributed by atoms with van der Waals surface area (Å²) >= 11 is 0. The van der Waals surface area contributed by atoms with Gasteiger partial charge in [0.1, 0.15) is 5.76 Å². The molecular weight excluding hydrogens is 176 g/mol. The Labute approximate surface area is 84.9 Å². The maximum Gasteiger partial charge on any atom is 0.197 e. The molecular formula is C11H18N2O. The molecule has 2 rings (SSSR count). The van der Waals surface area contributed by atoms with Crippen molar-refractivity contribution < 1.29 is 4.42 Å². The van der Waals surface area contributed by atoms with Gasteiger partial charge in [-0.25, -0.2) is 4.98 Å². The van der Waals surface area contributed by atoms with Crippen LogP contribution in [0, 0.1) is 0 Å². The molecule has 1 aromatic heterocycles. The zero-order chi connectivity index (χ0) is 10.1. The van der Waals surface area contributed by atoms with E-state index in [1.807, 2.05) is 7.05 Å². The number of rotatable bonds is 4. The van der Waals surface area contributed by atoms with E-state index in [2.05, 4.69) is 24.1 Å². The fourth-order valence-corrected chi connectivity index (χ4v) is 1.63. The van der Waals surface area contributed by atoms with E-state index in [0.717, 1.165) is 23.9 Å². The molecule has 0 radical (unpaired) electrons. The monoisotopic (exact) mass is 194 g/mol. The topological polar surface area (TPSA) is 38.1 Å². The van der Waals surface area contributed by atoms with Crippen LogP contribution in [0.5, 0.6) is 0 Å². The predicted molar refractivity (Wildman–Crippen MR) is 55.3 cm³/mol. The number of hydrogen-bond donors (Lipinski definition) is 1. The molecule has 3 nitrogen and oxygen atoms in total. The van der Waals surface area contributed by atoms with Crippen molar-refractivity contribution in [1.29, 1.82) is 0 Å². The van der Waals surface area contributed by atoms with Gasteiger partial charge in [0.2, 0.25) is 0 Å². The number of nitrogens with zero attached hydrogens (tertiary/aromatic N) is 1. The molecule has 0 aliphatic heterocycles. The molecule has 14 heavy (non-hydrogen) atoms. The summed E-state index contributed by atoms with van der Waals surface area (Å²) in [6.07, 6.45) is 2.49. The minimum Gasteiger partial charge on any atom is -0.444 e. The molecule has 0 unspecified atom stereocenters. The molecule has 0 atom stereocenters. The molecule has 1 aromatic rings. The first kappa shape index (κ1) is 9.71. The summed E-state index contributed by atoms with van der Waals surface area (Å²) in [5.41, 5.74) is 1.13. The molecule has 0 amide bonds. The van der Waals surface area contributed by atoms with Crippen LogP contribution in [0.25, 0.3) is 0 Å². The first-order valence-corrected chi connectivity index (χ1v) is 5.36. The zero-order valence-corrected chi connectivity index (χ0v) is 9.13. The lowest BCUT2D eigenvalue weighted by Gasteiger charge is -2.01. The molecule has 1 fully saturated rings. The summed E-state index contributed by atoms with van der Waals surface area (Å²) in [6, 6.07) is 0. The van der Waals surface area contributed by atoms with Crippen LogP contribution in [0.2, 0.25) is 0 Å². The molecule has 1 aliphatic carbocycles. The Kier molecular flexibility index (Phi) is 2.59. The molecule has 0 bridgehead atoms. The maximum absolute atomic E-state index is 5.77. The van der Waals surface area contributed by atoms with E-state index in [0.29, 0.717) is 11.8 Å². The van der Waals surface area contributed by atoms with E-state index in [-0.39, 0.29) is 0 Å². The van der Waals surface area contributed by atoms with Gasteiger partial charge >= 0.3 is 0 Å². The Morgan fingerprint density at radius 3 is 2.71 bits per heavy atom. The summed E-state index contributed by atoms with van der Waals surface area (Å²) < 4.78 is 5.77. The molecule has 0 aromatic carbocycles. The summed E-state index contributed by atoms with van der Waals surface area (Å²) in [7, 11) is 1.93. The molecule has 78 valence electrons. The van der Waals surface area contributed by atoms with Crippen molar-refractivity contribution in [3.8, 4) is 0 Å². The Hall–Kier alpha value is -0.830. The van der Waals surface area contributed by atoms with Gasteiger partial charge in [0.05, 0.1) is 12.2 Å². The van der Waals surface area contributed by atoms with Crippen LogP contribution in [0.4, 0.5) is 0 Å². The van der Waals surface area contributed by atoms with Gasteiger partial charge < -0.3 is 9.73 Å². The van der Waals surface area contributed by atoms with Crippen LogP contribution in [-0.4, -0.2) is 12.0 Å². The normalized spacial score (nSPS) is 16.6.